The summed E-state index contributed by atoms with van der Waals surface area (Å²) in [5.41, 5.74) is 1.80. The van der Waals surface area contributed by atoms with Crippen molar-refractivity contribution in [3.8, 4) is 0 Å². The zero-order chi connectivity index (χ0) is 14.4. The summed E-state index contributed by atoms with van der Waals surface area (Å²) in [6, 6.07) is 0.629. The maximum Gasteiger partial charge on any atom is 0.0950 e. The normalized spacial score (nSPS) is 36.0. The van der Waals surface area contributed by atoms with E-state index < -0.39 is 0 Å². The Labute approximate surface area is 128 Å². The van der Waals surface area contributed by atoms with E-state index in [-0.39, 0.29) is 0 Å². The van der Waals surface area contributed by atoms with Crippen molar-refractivity contribution in [3.63, 3.8) is 0 Å². The van der Waals surface area contributed by atoms with E-state index in [2.05, 4.69) is 41.2 Å². The van der Waals surface area contributed by atoms with Crippen LogP contribution in [-0.4, -0.2) is 22.6 Å². The molecule has 0 spiro atoms. The Hall–Kier alpha value is -0.830. The highest BCUT2D eigenvalue weighted by Crippen LogP contribution is 2.52. The van der Waals surface area contributed by atoms with E-state index in [1.807, 2.05) is 0 Å². The van der Waals surface area contributed by atoms with Crippen LogP contribution in [0.3, 0.4) is 0 Å². The second-order valence-corrected chi connectivity index (χ2v) is 8.08. The topological polar surface area (TPSA) is 29.9 Å². The predicted octanol–water partition coefficient (Wildman–Crippen LogP) is 3.52. The van der Waals surface area contributed by atoms with Gasteiger partial charge in [-0.3, -0.25) is 0 Å². The average molecular weight is 287 g/mol. The molecule has 1 N–H and O–H groups in total. The van der Waals surface area contributed by atoms with E-state index in [1.165, 1.54) is 44.2 Å². The van der Waals surface area contributed by atoms with E-state index in [4.69, 9.17) is 0 Å². The Morgan fingerprint density at radius 2 is 2.10 bits per heavy atom. The van der Waals surface area contributed by atoms with Crippen molar-refractivity contribution in [2.24, 2.45) is 17.8 Å². The number of piperidine rings is 1. The highest BCUT2D eigenvalue weighted by molar-refractivity contribution is 5.17. The second kappa shape index (κ2) is 5.12. The fourth-order valence-electron chi connectivity index (χ4n) is 5.42. The van der Waals surface area contributed by atoms with E-state index in [0.29, 0.717) is 11.5 Å². The Morgan fingerprint density at radius 3 is 2.76 bits per heavy atom. The van der Waals surface area contributed by atoms with Crippen LogP contribution in [0.5, 0.6) is 0 Å². The highest BCUT2D eigenvalue weighted by Gasteiger charge is 2.43. The molecule has 3 nitrogen and oxygen atoms in total. The van der Waals surface area contributed by atoms with Crippen LogP contribution in [0.4, 0.5) is 0 Å². The van der Waals surface area contributed by atoms with Gasteiger partial charge in [0.15, 0.2) is 0 Å². The minimum atomic E-state index is 0.313. The molecular formula is C18H29N3. The molecule has 1 aromatic heterocycles. The molecule has 4 rings (SSSR count). The molecule has 4 unspecified atom stereocenters. The number of fused-ring (bicyclic) bond motifs is 2. The van der Waals surface area contributed by atoms with E-state index in [9.17, 15) is 0 Å². The summed E-state index contributed by atoms with van der Waals surface area (Å²) in [6.45, 7) is 7.17. The molecule has 2 bridgehead atoms. The van der Waals surface area contributed by atoms with Crippen LogP contribution >= 0.6 is 0 Å². The molecule has 4 atom stereocenters. The van der Waals surface area contributed by atoms with Crippen molar-refractivity contribution in [1.29, 1.82) is 0 Å². The number of nitrogens with zero attached hydrogens (tertiary/aromatic N) is 2. The lowest BCUT2D eigenvalue weighted by atomic mass is 9.77. The van der Waals surface area contributed by atoms with E-state index >= 15 is 0 Å². The van der Waals surface area contributed by atoms with E-state index in [0.717, 1.165) is 30.8 Å². The summed E-state index contributed by atoms with van der Waals surface area (Å²) in [6.07, 6.45) is 12.7. The Morgan fingerprint density at radius 1 is 1.29 bits per heavy atom. The van der Waals surface area contributed by atoms with Crippen molar-refractivity contribution in [3.05, 3.63) is 18.2 Å². The zero-order valence-corrected chi connectivity index (χ0v) is 13.5. The zero-order valence-electron chi connectivity index (χ0n) is 13.5. The summed E-state index contributed by atoms with van der Waals surface area (Å²) in [4.78, 5) is 4.54. The first kappa shape index (κ1) is 13.8. The standard InChI is InChI=1S/C18H29N3/c1-13(16-10-14-3-4-15(16)9-14)21-12-20-11-17(21)18(2)5-7-19-8-6-18/h11-16,19H,3-10H2,1-2H3. The fourth-order valence-corrected chi connectivity index (χ4v) is 5.42. The summed E-state index contributed by atoms with van der Waals surface area (Å²) in [5, 5.41) is 3.50. The molecule has 2 saturated carbocycles. The maximum atomic E-state index is 4.54. The molecule has 0 aromatic carbocycles. The van der Waals surface area contributed by atoms with Crippen LogP contribution in [0, 0.1) is 17.8 Å². The fraction of sp³-hybridized carbons (Fsp3) is 0.833. The lowest BCUT2D eigenvalue weighted by Crippen LogP contribution is -2.39. The number of nitrogens with one attached hydrogen (secondary N) is 1. The van der Waals surface area contributed by atoms with Crippen LogP contribution in [0.25, 0.3) is 0 Å². The van der Waals surface area contributed by atoms with Crippen molar-refractivity contribution >= 4 is 0 Å². The number of hydrogen-bond donors (Lipinski definition) is 1. The average Bonchev–Trinajstić information content (AvgIpc) is 3.23. The Kier molecular flexibility index (Phi) is 3.36. The van der Waals surface area contributed by atoms with Gasteiger partial charge in [-0.05, 0) is 69.9 Å². The predicted molar refractivity (Wildman–Crippen MR) is 85.3 cm³/mol. The molecule has 0 radical (unpaired) electrons. The van der Waals surface area contributed by atoms with Crippen LogP contribution < -0.4 is 5.32 Å². The number of aromatic nitrogens is 2. The monoisotopic (exact) mass is 287 g/mol. The SMILES string of the molecule is CC(C1CC2CCC1C2)n1cncc1C1(C)CCNCC1. The first-order chi connectivity index (χ1) is 10.2. The molecule has 1 saturated heterocycles. The third-order valence-corrected chi connectivity index (χ3v) is 6.84. The molecule has 2 aliphatic carbocycles. The van der Waals surface area contributed by atoms with Gasteiger partial charge in [0.05, 0.1) is 6.33 Å². The van der Waals surface area contributed by atoms with Gasteiger partial charge in [-0.2, -0.15) is 0 Å². The largest absolute Gasteiger partial charge is 0.331 e. The molecule has 1 aromatic rings. The van der Waals surface area contributed by atoms with Crippen molar-refractivity contribution < 1.29 is 0 Å². The lowest BCUT2D eigenvalue weighted by molar-refractivity contribution is 0.226. The maximum absolute atomic E-state index is 4.54. The van der Waals surface area contributed by atoms with Crippen LogP contribution in [-0.2, 0) is 5.41 Å². The first-order valence-electron chi connectivity index (χ1n) is 8.90. The summed E-state index contributed by atoms with van der Waals surface area (Å²) < 4.78 is 2.54. The summed E-state index contributed by atoms with van der Waals surface area (Å²) in [7, 11) is 0. The van der Waals surface area contributed by atoms with Gasteiger partial charge in [-0.25, -0.2) is 4.98 Å². The van der Waals surface area contributed by atoms with Gasteiger partial charge in [0.1, 0.15) is 0 Å². The van der Waals surface area contributed by atoms with Gasteiger partial charge in [-0.15, -0.1) is 0 Å². The molecule has 2 heterocycles. The van der Waals surface area contributed by atoms with Gasteiger partial charge in [0, 0.05) is 23.3 Å². The first-order valence-corrected chi connectivity index (χ1v) is 8.90. The number of rotatable bonds is 3. The van der Waals surface area contributed by atoms with Gasteiger partial charge in [0.2, 0.25) is 0 Å². The van der Waals surface area contributed by atoms with Gasteiger partial charge in [-0.1, -0.05) is 13.3 Å². The Balaban J connectivity index is 1.59. The van der Waals surface area contributed by atoms with Crippen LogP contribution in [0.2, 0.25) is 0 Å². The minimum Gasteiger partial charge on any atom is -0.331 e. The molecule has 21 heavy (non-hydrogen) atoms. The molecule has 0 amide bonds. The smallest absolute Gasteiger partial charge is 0.0950 e. The molecule has 3 heteroatoms. The van der Waals surface area contributed by atoms with Crippen molar-refractivity contribution in [1.82, 2.24) is 14.9 Å². The number of imidazole rings is 1. The summed E-state index contributed by atoms with van der Waals surface area (Å²) >= 11 is 0. The molecule has 116 valence electrons. The van der Waals surface area contributed by atoms with Crippen molar-refractivity contribution in [2.75, 3.05) is 13.1 Å². The third kappa shape index (κ3) is 2.25. The summed E-state index contributed by atoms with van der Waals surface area (Å²) in [5.74, 6) is 2.91. The van der Waals surface area contributed by atoms with Crippen LogP contribution in [0.15, 0.2) is 12.5 Å². The van der Waals surface area contributed by atoms with Crippen LogP contribution in [0.1, 0.15) is 64.1 Å². The van der Waals surface area contributed by atoms with Gasteiger partial charge < -0.3 is 9.88 Å². The van der Waals surface area contributed by atoms with Crippen molar-refractivity contribution in [2.45, 2.75) is 63.8 Å². The Bertz CT molecular complexity index is 500. The number of hydrogen-bond acceptors (Lipinski definition) is 2. The quantitative estimate of drug-likeness (QED) is 0.922. The highest BCUT2D eigenvalue weighted by atomic mass is 15.1. The molecular weight excluding hydrogens is 258 g/mol. The van der Waals surface area contributed by atoms with E-state index in [1.54, 1.807) is 0 Å². The second-order valence-electron chi connectivity index (χ2n) is 8.08. The lowest BCUT2D eigenvalue weighted by Gasteiger charge is -2.37. The molecule has 3 fully saturated rings. The molecule has 3 aliphatic rings. The minimum absolute atomic E-state index is 0.313. The van der Waals surface area contributed by atoms with Gasteiger partial charge >= 0.3 is 0 Å². The third-order valence-electron chi connectivity index (χ3n) is 6.84. The molecule has 1 aliphatic heterocycles. The van der Waals surface area contributed by atoms with Gasteiger partial charge in [0.25, 0.3) is 0 Å².